The summed E-state index contributed by atoms with van der Waals surface area (Å²) >= 11 is 0. The van der Waals surface area contributed by atoms with Crippen molar-refractivity contribution in [2.24, 2.45) is 0 Å². The molecule has 0 unspecified atom stereocenters. The number of carbonyl (C=O) groups is 1. The quantitative estimate of drug-likeness (QED) is 0.571. The minimum Gasteiger partial charge on any atom is -0.461 e. The first-order chi connectivity index (χ1) is 8.69. The van der Waals surface area contributed by atoms with Crippen molar-refractivity contribution in [3.05, 3.63) is 18.0 Å². The third kappa shape index (κ3) is 4.43. The molecule has 0 saturated carbocycles. The summed E-state index contributed by atoms with van der Waals surface area (Å²) < 4.78 is 7.06. The lowest BCUT2D eigenvalue weighted by atomic mass is 10.2. The minimum atomic E-state index is -0.274. The molecule has 0 amide bonds. The molecular formula is C14H24N2O2. The summed E-state index contributed by atoms with van der Waals surface area (Å²) in [5.74, 6) is -0.274. The van der Waals surface area contributed by atoms with Crippen LogP contribution >= 0.6 is 0 Å². The molecule has 0 aliphatic carbocycles. The molecule has 0 aliphatic rings. The van der Waals surface area contributed by atoms with E-state index in [1.54, 1.807) is 12.3 Å². The first-order valence-corrected chi connectivity index (χ1v) is 6.81. The van der Waals surface area contributed by atoms with Crippen molar-refractivity contribution in [1.82, 2.24) is 4.57 Å². The predicted octanol–water partition coefficient (Wildman–Crippen LogP) is 3.22. The highest BCUT2D eigenvalue weighted by molar-refractivity contribution is 5.89. The Hall–Kier alpha value is -1.45. The highest BCUT2D eigenvalue weighted by Crippen LogP contribution is 2.12. The number of nitrogens with two attached hydrogens (primary N) is 1. The molecular weight excluding hydrogens is 228 g/mol. The molecule has 1 aromatic rings. The van der Waals surface area contributed by atoms with Gasteiger partial charge in [0.2, 0.25) is 0 Å². The van der Waals surface area contributed by atoms with Gasteiger partial charge in [0.25, 0.3) is 0 Å². The normalized spacial score (nSPS) is 10.6. The molecule has 0 aliphatic heterocycles. The lowest BCUT2D eigenvalue weighted by Crippen LogP contribution is -2.11. The molecule has 0 spiro atoms. The van der Waals surface area contributed by atoms with Crippen molar-refractivity contribution in [1.29, 1.82) is 0 Å². The van der Waals surface area contributed by atoms with Gasteiger partial charge in [-0.3, -0.25) is 0 Å². The van der Waals surface area contributed by atoms with Crippen LogP contribution in [-0.2, 0) is 11.3 Å². The maximum absolute atomic E-state index is 11.8. The van der Waals surface area contributed by atoms with Crippen LogP contribution in [0, 0.1) is 0 Å². The van der Waals surface area contributed by atoms with E-state index in [1.807, 2.05) is 11.5 Å². The molecule has 1 heterocycles. The molecule has 0 atom stereocenters. The van der Waals surface area contributed by atoms with E-state index in [0.717, 1.165) is 19.4 Å². The average molecular weight is 252 g/mol. The lowest BCUT2D eigenvalue weighted by Gasteiger charge is -2.06. The number of unbranched alkanes of at least 4 members (excludes halogenated alkanes) is 4. The van der Waals surface area contributed by atoms with Crippen molar-refractivity contribution in [3.8, 4) is 0 Å². The van der Waals surface area contributed by atoms with E-state index in [0.29, 0.717) is 18.0 Å². The van der Waals surface area contributed by atoms with Crippen LogP contribution in [-0.4, -0.2) is 17.1 Å². The molecule has 2 N–H and O–H groups in total. The second-order valence-corrected chi connectivity index (χ2v) is 4.49. The maximum Gasteiger partial charge on any atom is 0.355 e. The summed E-state index contributed by atoms with van der Waals surface area (Å²) in [5, 5.41) is 0. The molecule has 1 rings (SSSR count). The highest BCUT2D eigenvalue weighted by Gasteiger charge is 2.13. The van der Waals surface area contributed by atoms with Crippen LogP contribution in [0.3, 0.4) is 0 Å². The van der Waals surface area contributed by atoms with E-state index in [-0.39, 0.29) is 5.97 Å². The number of rotatable bonds is 8. The van der Waals surface area contributed by atoms with Crippen molar-refractivity contribution >= 4 is 11.7 Å². The third-order valence-electron chi connectivity index (χ3n) is 2.95. The Morgan fingerprint density at radius 3 is 2.67 bits per heavy atom. The first-order valence-electron chi connectivity index (χ1n) is 6.81. The van der Waals surface area contributed by atoms with Crippen molar-refractivity contribution in [2.75, 3.05) is 12.3 Å². The molecule has 4 nitrogen and oxygen atoms in total. The molecule has 18 heavy (non-hydrogen) atoms. The highest BCUT2D eigenvalue weighted by atomic mass is 16.5. The van der Waals surface area contributed by atoms with Crippen LogP contribution in [0.1, 0.15) is 56.4 Å². The molecule has 102 valence electrons. The van der Waals surface area contributed by atoms with Crippen LogP contribution in [0.5, 0.6) is 0 Å². The molecule has 0 saturated heterocycles. The van der Waals surface area contributed by atoms with Crippen LogP contribution in [0.2, 0.25) is 0 Å². The predicted molar refractivity (Wildman–Crippen MR) is 73.6 cm³/mol. The van der Waals surface area contributed by atoms with Gasteiger partial charge in [0.1, 0.15) is 5.69 Å². The number of hydrogen-bond acceptors (Lipinski definition) is 3. The number of hydrogen-bond donors (Lipinski definition) is 1. The van der Waals surface area contributed by atoms with Gasteiger partial charge in [0, 0.05) is 12.7 Å². The smallest absolute Gasteiger partial charge is 0.355 e. The number of carbonyl (C=O) groups excluding carboxylic acids is 1. The van der Waals surface area contributed by atoms with Crippen molar-refractivity contribution < 1.29 is 9.53 Å². The number of esters is 1. The largest absolute Gasteiger partial charge is 0.461 e. The Bertz CT molecular complexity index is 372. The van der Waals surface area contributed by atoms with Gasteiger partial charge in [-0.25, -0.2) is 4.79 Å². The Kier molecular flexibility index (Phi) is 6.33. The zero-order valence-electron chi connectivity index (χ0n) is 11.4. The Labute approximate surface area is 109 Å². The molecule has 4 heteroatoms. The zero-order valence-corrected chi connectivity index (χ0v) is 11.4. The van der Waals surface area contributed by atoms with Gasteiger partial charge in [-0.1, -0.05) is 32.6 Å². The van der Waals surface area contributed by atoms with Gasteiger partial charge >= 0.3 is 5.97 Å². The number of aryl methyl sites for hydroxylation is 1. The van der Waals surface area contributed by atoms with Crippen LogP contribution in [0.4, 0.5) is 5.69 Å². The topological polar surface area (TPSA) is 57.2 Å². The monoisotopic (exact) mass is 252 g/mol. The number of nitrogen functional groups attached to an aromatic ring is 1. The number of anilines is 1. The van der Waals surface area contributed by atoms with E-state index in [4.69, 9.17) is 10.5 Å². The zero-order chi connectivity index (χ0) is 13.4. The molecule has 0 fully saturated rings. The standard InChI is InChI=1S/C14H24N2O2/c1-3-5-6-7-8-9-18-14(17)13-10-12(15)11-16(13)4-2/h10-11H,3-9,15H2,1-2H3. The van der Waals surface area contributed by atoms with Crippen LogP contribution in [0.15, 0.2) is 12.3 Å². The minimum absolute atomic E-state index is 0.274. The summed E-state index contributed by atoms with van der Waals surface area (Å²) in [6, 6.07) is 1.67. The first kappa shape index (κ1) is 14.6. The van der Waals surface area contributed by atoms with E-state index in [9.17, 15) is 4.79 Å². The number of aromatic nitrogens is 1. The third-order valence-corrected chi connectivity index (χ3v) is 2.95. The maximum atomic E-state index is 11.8. The second-order valence-electron chi connectivity index (χ2n) is 4.49. The summed E-state index contributed by atoms with van der Waals surface area (Å²) in [6.45, 7) is 5.37. The fourth-order valence-corrected chi connectivity index (χ4v) is 1.91. The van der Waals surface area contributed by atoms with Gasteiger partial charge in [0.15, 0.2) is 0 Å². The molecule has 0 aromatic carbocycles. The average Bonchev–Trinajstić information content (AvgIpc) is 2.74. The van der Waals surface area contributed by atoms with E-state index in [1.165, 1.54) is 19.3 Å². The summed E-state index contributed by atoms with van der Waals surface area (Å²) in [7, 11) is 0. The van der Waals surface area contributed by atoms with Gasteiger partial charge in [-0.05, 0) is 19.4 Å². The van der Waals surface area contributed by atoms with Crippen molar-refractivity contribution in [3.63, 3.8) is 0 Å². The molecule has 0 bridgehead atoms. The number of ether oxygens (including phenoxy) is 1. The van der Waals surface area contributed by atoms with Crippen LogP contribution in [0.25, 0.3) is 0 Å². The summed E-state index contributed by atoms with van der Waals surface area (Å²) in [4.78, 5) is 11.8. The van der Waals surface area contributed by atoms with E-state index >= 15 is 0 Å². The Balaban J connectivity index is 2.32. The van der Waals surface area contributed by atoms with Gasteiger partial charge in [0.05, 0.1) is 12.3 Å². The van der Waals surface area contributed by atoms with Gasteiger partial charge in [-0.2, -0.15) is 0 Å². The fraction of sp³-hybridized carbons (Fsp3) is 0.643. The van der Waals surface area contributed by atoms with Crippen molar-refractivity contribution in [2.45, 2.75) is 52.5 Å². The Morgan fingerprint density at radius 2 is 2.00 bits per heavy atom. The molecule has 0 radical (unpaired) electrons. The fourth-order valence-electron chi connectivity index (χ4n) is 1.91. The second kappa shape index (κ2) is 7.80. The summed E-state index contributed by atoms with van der Waals surface area (Å²) in [5.41, 5.74) is 6.82. The van der Waals surface area contributed by atoms with Gasteiger partial charge in [-0.15, -0.1) is 0 Å². The van der Waals surface area contributed by atoms with E-state index < -0.39 is 0 Å². The summed E-state index contributed by atoms with van der Waals surface area (Å²) in [6.07, 6.45) is 7.52. The van der Waals surface area contributed by atoms with E-state index in [2.05, 4.69) is 6.92 Å². The molecule has 1 aromatic heterocycles. The van der Waals surface area contributed by atoms with Gasteiger partial charge < -0.3 is 15.0 Å². The van der Waals surface area contributed by atoms with Crippen LogP contribution < -0.4 is 5.73 Å². The Morgan fingerprint density at radius 1 is 1.28 bits per heavy atom. The lowest BCUT2D eigenvalue weighted by molar-refractivity contribution is 0.0485. The number of nitrogens with zero attached hydrogens (tertiary/aromatic N) is 1. The SMILES string of the molecule is CCCCCCCOC(=O)c1cc(N)cn1CC.